The number of carbonyl (C=O) groups excluding carboxylic acids is 1. The Hall–Kier alpha value is -4.29. The van der Waals surface area contributed by atoms with E-state index < -0.39 is 17.7 Å². The highest BCUT2D eigenvalue weighted by atomic mass is 32.2. The van der Waals surface area contributed by atoms with Crippen molar-refractivity contribution in [2.75, 3.05) is 45.3 Å². The predicted molar refractivity (Wildman–Crippen MR) is 279 cm³/mol. The smallest absolute Gasteiger partial charge is 0.410 e. The van der Waals surface area contributed by atoms with Crippen molar-refractivity contribution in [1.82, 2.24) is 4.90 Å². The van der Waals surface area contributed by atoms with Gasteiger partial charge in [-0.2, -0.15) is 0 Å². The highest BCUT2D eigenvalue weighted by Crippen LogP contribution is 2.62. The number of carbonyl (C=O) groups is 1. The van der Waals surface area contributed by atoms with E-state index in [0.717, 1.165) is 78.9 Å². The van der Waals surface area contributed by atoms with Crippen molar-refractivity contribution in [3.8, 4) is 11.5 Å². The minimum absolute atomic E-state index is 0.107. The van der Waals surface area contributed by atoms with E-state index in [1.807, 2.05) is 53.4 Å². The van der Waals surface area contributed by atoms with Crippen LogP contribution in [0.1, 0.15) is 146 Å². The van der Waals surface area contributed by atoms with Crippen LogP contribution in [0.5, 0.6) is 11.5 Å². The second kappa shape index (κ2) is 29.8. The average Bonchev–Trinajstić information content (AvgIpc) is 3.37. The number of amides is 1. The van der Waals surface area contributed by atoms with E-state index in [4.69, 9.17) is 28.9 Å². The van der Waals surface area contributed by atoms with Gasteiger partial charge in [-0.1, -0.05) is 150 Å². The minimum Gasteiger partial charge on any atom is -0.493 e. The van der Waals surface area contributed by atoms with Crippen LogP contribution in [0, 0.1) is 17.8 Å². The molecule has 3 aromatic rings. The molecule has 1 amide bonds. The number of ether oxygens (including phenoxy) is 4. The van der Waals surface area contributed by atoms with Crippen molar-refractivity contribution in [2.24, 2.45) is 22.9 Å². The Morgan fingerprint density at radius 2 is 1.54 bits per heavy atom. The summed E-state index contributed by atoms with van der Waals surface area (Å²) in [5, 5.41) is 25.0. The van der Waals surface area contributed by atoms with Gasteiger partial charge in [0, 0.05) is 48.3 Å². The summed E-state index contributed by atoms with van der Waals surface area (Å²) in [7, 11) is 0. The second-order valence-electron chi connectivity index (χ2n) is 19.0. The predicted octanol–water partition coefficient (Wildman–Crippen LogP) is 13.5. The molecular formula is C58H82N2O8S. The summed E-state index contributed by atoms with van der Waals surface area (Å²) >= 11 is 1.77. The first-order valence-corrected chi connectivity index (χ1v) is 27.4. The van der Waals surface area contributed by atoms with Gasteiger partial charge in [-0.15, -0.1) is 18.3 Å². The first-order chi connectivity index (χ1) is 34.0. The maximum atomic E-state index is 14.7. The van der Waals surface area contributed by atoms with Gasteiger partial charge < -0.3 is 34.0 Å². The molecule has 6 rings (SSSR count). The van der Waals surface area contributed by atoms with Gasteiger partial charge in [0.15, 0.2) is 0 Å². The fourth-order valence-electron chi connectivity index (χ4n) is 10.8. The Morgan fingerprint density at radius 3 is 2.23 bits per heavy atom. The van der Waals surface area contributed by atoms with Gasteiger partial charge in [-0.25, -0.2) is 4.79 Å². The number of oxime groups is 1. The molecule has 11 heteroatoms. The molecule has 2 aliphatic carbocycles. The molecule has 6 unspecified atom stereocenters. The topological polar surface area (TPSA) is 119 Å². The SMILES string of the molecule is C=CCOC12Oc3ccc(OCCSc4ccccc4)cc3C3C(CCCCO)C(CCCCO)C=C(C(=NOCc4ccccc4)CC1N(CCC)C(=O)OCCCCCCCCCCCC)C32. The molecule has 0 radical (unpaired) electrons. The van der Waals surface area contributed by atoms with Crippen molar-refractivity contribution in [3.05, 3.63) is 114 Å². The van der Waals surface area contributed by atoms with Crippen LogP contribution in [-0.4, -0.2) is 84.1 Å². The minimum atomic E-state index is -1.35. The van der Waals surface area contributed by atoms with Crippen LogP contribution in [-0.2, 0) is 20.9 Å². The summed E-state index contributed by atoms with van der Waals surface area (Å²) in [6, 6.07) is 25.9. The molecule has 1 fully saturated rings. The molecule has 2 N–H and O–H groups in total. The van der Waals surface area contributed by atoms with Gasteiger partial charge >= 0.3 is 6.09 Å². The molecule has 0 bridgehead atoms. The number of fused-ring (bicyclic) bond motifs is 2. The van der Waals surface area contributed by atoms with Gasteiger partial charge in [0.05, 0.1) is 31.5 Å². The molecule has 3 aromatic carbocycles. The van der Waals surface area contributed by atoms with Gasteiger partial charge in [-0.05, 0) is 91.8 Å². The Bertz CT molecular complexity index is 2010. The fourth-order valence-corrected chi connectivity index (χ4v) is 11.5. The van der Waals surface area contributed by atoms with Crippen LogP contribution in [0.2, 0.25) is 0 Å². The van der Waals surface area contributed by atoms with Crippen LogP contribution >= 0.6 is 11.8 Å². The Balaban J connectivity index is 1.38. The Labute approximate surface area is 418 Å². The van der Waals surface area contributed by atoms with Crippen LogP contribution in [0.4, 0.5) is 4.79 Å². The van der Waals surface area contributed by atoms with E-state index in [1.165, 1.54) is 49.8 Å². The molecule has 6 atom stereocenters. The largest absolute Gasteiger partial charge is 0.493 e. The Morgan fingerprint density at radius 1 is 0.841 bits per heavy atom. The van der Waals surface area contributed by atoms with Crippen molar-refractivity contribution in [1.29, 1.82) is 0 Å². The lowest BCUT2D eigenvalue weighted by molar-refractivity contribution is -0.255. The third-order valence-electron chi connectivity index (χ3n) is 14.1. The molecule has 378 valence electrons. The lowest BCUT2D eigenvalue weighted by Crippen LogP contribution is -2.70. The van der Waals surface area contributed by atoms with E-state index >= 15 is 0 Å². The number of nitrogens with zero attached hydrogens (tertiary/aromatic N) is 2. The number of aliphatic hydroxyl groups is 2. The van der Waals surface area contributed by atoms with Crippen molar-refractivity contribution in [3.63, 3.8) is 0 Å². The normalized spacial score (nSPS) is 21.9. The standard InChI is InChI=1S/C58H82N2O8S/c1-4-7-8-9-10-11-12-13-14-25-38-65-57(63)60(34-5-2)54-43-52(59-67-44-45-26-17-15-18-27-45)50-41-46(28-21-23-35-61)49(31-22-24-36-62)55-51-42-47(64-39-40-69-48-29-19-16-20-30-48)32-33-53(51)68-58(54,56(50)55)66-37-6-3/h6,15-20,26-27,29-30,32-33,41-42,46,49,54-56,61-62H,3-5,7-14,21-25,28,31,34-40,43-44H2,1-2H3. The van der Waals surface area contributed by atoms with E-state index in [2.05, 4.69) is 56.8 Å². The maximum Gasteiger partial charge on any atom is 0.410 e. The molecular weight excluding hydrogens is 885 g/mol. The number of hydrogen-bond donors (Lipinski definition) is 2. The quantitative estimate of drug-likeness (QED) is 0.0266. The van der Waals surface area contributed by atoms with E-state index in [-0.39, 0.29) is 43.7 Å². The summed E-state index contributed by atoms with van der Waals surface area (Å²) in [5.41, 5.74) is 3.82. The summed E-state index contributed by atoms with van der Waals surface area (Å²) in [6.45, 7) is 10.5. The zero-order valence-corrected chi connectivity index (χ0v) is 42.6. The number of aliphatic hydroxyl groups excluding tert-OH is 2. The fraction of sp³-hybridized carbons (Fsp3) is 0.586. The molecule has 1 heterocycles. The van der Waals surface area contributed by atoms with Crippen LogP contribution in [0.25, 0.3) is 0 Å². The molecule has 0 saturated heterocycles. The second-order valence-corrected chi connectivity index (χ2v) is 20.2. The monoisotopic (exact) mass is 967 g/mol. The molecule has 3 aliphatic rings. The summed E-state index contributed by atoms with van der Waals surface area (Å²) in [6.07, 6.45) is 21.6. The van der Waals surface area contributed by atoms with Crippen molar-refractivity contribution >= 4 is 23.6 Å². The van der Waals surface area contributed by atoms with Gasteiger partial charge in [0.25, 0.3) is 0 Å². The zero-order valence-electron chi connectivity index (χ0n) is 41.8. The maximum absolute atomic E-state index is 14.7. The number of unbranched alkanes of at least 4 members (excludes halogenated alkanes) is 11. The highest BCUT2D eigenvalue weighted by molar-refractivity contribution is 7.99. The van der Waals surface area contributed by atoms with E-state index in [9.17, 15) is 15.0 Å². The number of allylic oxidation sites excluding steroid dienone is 1. The van der Waals surface area contributed by atoms with E-state index in [0.29, 0.717) is 57.8 Å². The molecule has 1 saturated carbocycles. The van der Waals surface area contributed by atoms with Crippen molar-refractivity contribution in [2.45, 2.75) is 159 Å². The van der Waals surface area contributed by atoms with E-state index in [1.54, 1.807) is 17.8 Å². The van der Waals surface area contributed by atoms with Crippen LogP contribution in [0.15, 0.2) is 113 Å². The summed E-state index contributed by atoms with van der Waals surface area (Å²) in [5.74, 6) is 0.588. The van der Waals surface area contributed by atoms with Gasteiger partial charge in [-0.3, -0.25) is 4.90 Å². The Kier molecular flexibility index (Phi) is 23.3. The lowest BCUT2D eigenvalue weighted by Gasteiger charge is -2.59. The molecule has 0 aromatic heterocycles. The summed E-state index contributed by atoms with van der Waals surface area (Å²) < 4.78 is 27.3. The first-order valence-electron chi connectivity index (χ1n) is 26.5. The number of benzene rings is 3. The van der Waals surface area contributed by atoms with Gasteiger partial charge in [0.2, 0.25) is 5.79 Å². The number of rotatable bonds is 33. The van der Waals surface area contributed by atoms with Crippen LogP contribution < -0.4 is 9.47 Å². The lowest BCUT2D eigenvalue weighted by atomic mass is 9.55. The third kappa shape index (κ3) is 15.4. The number of hydrogen-bond acceptors (Lipinski definition) is 10. The van der Waals surface area contributed by atoms with Crippen LogP contribution in [0.3, 0.4) is 0 Å². The molecule has 10 nitrogen and oxygen atoms in total. The first kappa shape index (κ1) is 54.1. The zero-order chi connectivity index (χ0) is 48.5. The molecule has 69 heavy (non-hydrogen) atoms. The number of thioether (sulfide) groups is 1. The molecule has 0 spiro atoms. The highest BCUT2D eigenvalue weighted by Gasteiger charge is 2.65. The third-order valence-corrected chi connectivity index (χ3v) is 15.0. The summed E-state index contributed by atoms with van der Waals surface area (Å²) in [4.78, 5) is 24.0. The van der Waals surface area contributed by atoms with Gasteiger partial charge in [0.1, 0.15) is 24.1 Å². The van der Waals surface area contributed by atoms with Crippen molar-refractivity contribution < 1.29 is 38.8 Å². The average molecular weight is 967 g/mol. The molecule has 1 aliphatic heterocycles.